The van der Waals surface area contributed by atoms with Crippen LogP contribution in [0.5, 0.6) is 0 Å². The quantitative estimate of drug-likeness (QED) is 0.579. The monoisotopic (exact) mass is 428 g/mol. The number of hydroxylamine groups is 2. The molecule has 5 nitrogen and oxygen atoms in total. The second kappa shape index (κ2) is 6.14. The number of ketones is 1. The van der Waals surface area contributed by atoms with Crippen molar-refractivity contribution in [2.24, 2.45) is 0 Å². The molecule has 1 spiro atoms. The van der Waals surface area contributed by atoms with Gasteiger partial charge in [0.05, 0.1) is 7.11 Å². The maximum atomic E-state index is 13.1. The number of nitrogens with zero attached hydrogens (tertiary/aromatic N) is 1. The van der Waals surface area contributed by atoms with Gasteiger partial charge in [0.25, 0.3) is 0 Å². The van der Waals surface area contributed by atoms with Gasteiger partial charge >= 0.3 is 0 Å². The molecule has 2 aliphatic rings. The Bertz CT molecular complexity index is 643. The number of Topliss-reactive ketones (excluding diaryl/α,β-unsaturated/α-hetero) is 1. The van der Waals surface area contributed by atoms with Gasteiger partial charge < -0.3 is 10.2 Å². The van der Waals surface area contributed by atoms with Crippen LogP contribution < -0.4 is 5.32 Å². The number of aryl methyl sites for hydroxylation is 2. The Hall–Kier alpha value is -0.990. The van der Waals surface area contributed by atoms with E-state index in [0.29, 0.717) is 25.9 Å². The molecular weight excluding hydrogens is 407 g/mol. The van der Waals surface area contributed by atoms with Crippen LogP contribution in [0.1, 0.15) is 35.4 Å². The van der Waals surface area contributed by atoms with Gasteiger partial charge in [0, 0.05) is 16.7 Å². The molecule has 124 valence electrons. The summed E-state index contributed by atoms with van der Waals surface area (Å²) in [5.74, 6) is -0.819. The highest BCUT2D eigenvalue weighted by Gasteiger charge is 2.54. The molecule has 1 unspecified atom stereocenters. The highest BCUT2D eigenvalue weighted by Crippen LogP contribution is 2.38. The molecule has 0 radical (unpaired) electrons. The van der Waals surface area contributed by atoms with Crippen molar-refractivity contribution < 1.29 is 14.4 Å². The van der Waals surface area contributed by atoms with Crippen LogP contribution in [0.15, 0.2) is 12.1 Å². The fourth-order valence-corrected chi connectivity index (χ4v) is 4.76. The van der Waals surface area contributed by atoms with E-state index in [9.17, 15) is 9.59 Å². The summed E-state index contributed by atoms with van der Waals surface area (Å²) in [5, 5.41) is 4.84. The van der Waals surface area contributed by atoms with E-state index in [2.05, 4.69) is 27.9 Å². The summed E-state index contributed by atoms with van der Waals surface area (Å²) < 4.78 is 1.12. The average molecular weight is 428 g/mol. The third-order valence-corrected chi connectivity index (χ3v) is 5.66. The summed E-state index contributed by atoms with van der Waals surface area (Å²) in [6.07, 6.45) is 1.20. The molecule has 23 heavy (non-hydrogen) atoms. The summed E-state index contributed by atoms with van der Waals surface area (Å²) in [6, 6.07) is 4.06. The van der Waals surface area contributed by atoms with E-state index < -0.39 is 11.5 Å². The van der Waals surface area contributed by atoms with Gasteiger partial charge in [-0.3, -0.25) is 9.59 Å². The largest absolute Gasteiger partial charge is 0.343 e. The van der Waals surface area contributed by atoms with Crippen LogP contribution in [0, 0.1) is 17.4 Å². The zero-order valence-corrected chi connectivity index (χ0v) is 15.8. The minimum atomic E-state index is -0.724. The fourth-order valence-electron chi connectivity index (χ4n) is 3.83. The van der Waals surface area contributed by atoms with Crippen LogP contribution in [0.4, 0.5) is 0 Å². The molecule has 2 aliphatic heterocycles. The van der Waals surface area contributed by atoms with Crippen LogP contribution in [0.25, 0.3) is 0 Å². The van der Waals surface area contributed by atoms with Crippen molar-refractivity contribution in [1.82, 2.24) is 10.4 Å². The molecule has 0 saturated carbocycles. The van der Waals surface area contributed by atoms with E-state index >= 15 is 0 Å². The second-order valence-corrected chi connectivity index (χ2v) is 7.68. The van der Waals surface area contributed by atoms with Gasteiger partial charge in [-0.15, -0.1) is 0 Å². The van der Waals surface area contributed by atoms with Gasteiger partial charge in [-0.1, -0.05) is 0 Å². The molecule has 2 saturated heterocycles. The summed E-state index contributed by atoms with van der Waals surface area (Å²) >= 11 is 2.26. The number of amides is 1. The molecule has 2 heterocycles. The molecule has 6 heteroatoms. The van der Waals surface area contributed by atoms with E-state index in [4.69, 9.17) is 4.84 Å². The maximum Gasteiger partial charge on any atom is 0.235 e. The van der Waals surface area contributed by atoms with Crippen molar-refractivity contribution in [2.45, 2.75) is 38.1 Å². The number of carbonyl (C=O) groups is 2. The normalized spacial score (nSPS) is 24.3. The number of halogens is 1. The lowest BCUT2D eigenvalue weighted by Crippen LogP contribution is -2.54. The van der Waals surface area contributed by atoms with E-state index in [1.165, 1.54) is 0 Å². The first kappa shape index (κ1) is 16.9. The SMILES string of the molecule is CON1CCC2(CC1)NC(=O)C(c1c(C)cc(I)cc1C)C2=O. The second-order valence-electron chi connectivity index (χ2n) is 6.43. The number of carbonyl (C=O) groups excluding carboxylic acids is 2. The average Bonchev–Trinajstić information content (AvgIpc) is 2.72. The topological polar surface area (TPSA) is 58.6 Å². The van der Waals surface area contributed by atoms with Gasteiger partial charge in [0.1, 0.15) is 11.5 Å². The molecular formula is C17H21IN2O3. The van der Waals surface area contributed by atoms with Crippen molar-refractivity contribution in [2.75, 3.05) is 20.2 Å². The lowest BCUT2D eigenvalue weighted by Gasteiger charge is -2.36. The Morgan fingerprint density at radius 1 is 1.22 bits per heavy atom. The van der Waals surface area contributed by atoms with Crippen LogP contribution in [-0.4, -0.2) is 42.5 Å². The highest BCUT2D eigenvalue weighted by atomic mass is 127. The first-order valence-electron chi connectivity index (χ1n) is 7.80. The number of benzene rings is 1. The van der Waals surface area contributed by atoms with Gasteiger partial charge in [-0.25, -0.2) is 0 Å². The van der Waals surface area contributed by atoms with Crippen molar-refractivity contribution >= 4 is 34.3 Å². The number of hydrogen-bond donors (Lipinski definition) is 1. The summed E-state index contributed by atoms with van der Waals surface area (Å²) in [7, 11) is 1.63. The predicted molar refractivity (Wildman–Crippen MR) is 95.1 cm³/mol. The van der Waals surface area contributed by atoms with Gasteiger partial charge in [-0.05, 0) is 78.1 Å². The minimum Gasteiger partial charge on any atom is -0.343 e. The molecule has 0 aliphatic carbocycles. The van der Waals surface area contributed by atoms with E-state index in [1.54, 1.807) is 7.11 Å². The Kier molecular flexibility index (Phi) is 4.50. The van der Waals surface area contributed by atoms with E-state index in [1.807, 2.05) is 31.0 Å². The number of hydrogen-bond acceptors (Lipinski definition) is 4. The first-order valence-corrected chi connectivity index (χ1v) is 8.88. The van der Waals surface area contributed by atoms with Crippen molar-refractivity contribution in [3.63, 3.8) is 0 Å². The van der Waals surface area contributed by atoms with Crippen molar-refractivity contribution in [3.8, 4) is 0 Å². The Morgan fingerprint density at radius 3 is 2.30 bits per heavy atom. The summed E-state index contributed by atoms with van der Waals surface area (Å²) in [6.45, 7) is 5.26. The van der Waals surface area contributed by atoms with Gasteiger partial charge in [0.2, 0.25) is 5.91 Å². The molecule has 1 aromatic carbocycles. The fraction of sp³-hybridized carbons (Fsp3) is 0.529. The number of nitrogens with one attached hydrogen (secondary N) is 1. The molecule has 1 aromatic rings. The molecule has 3 rings (SSSR count). The molecule has 0 bridgehead atoms. The van der Waals surface area contributed by atoms with Gasteiger partial charge in [0.15, 0.2) is 5.78 Å². The molecule has 0 aromatic heterocycles. The predicted octanol–water partition coefficient (Wildman–Crippen LogP) is 2.09. The van der Waals surface area contributed by atoms with Crippen molar-refractivity contribution in [3.05, 3.63) is 32.4 Å². The van der Waals surface area contributed by atoms with Crippen molar-refractivity contribution in [1.29, 1.82) is 0 Å². The summed E-state index contributed by atoms with van der Waals surface area (Å²) in [5.41, 5.74) is 2.17. The summed E-state index contributed by atoms with van der Waals surface area (Å²) in [4.78, 5) is 31.0. The smallest absolute Gasteiger partial charge is 0.235 e. The zero-order chi connectivity index (χ0) is 16.8. The van der Waals surface area contributed by atoms with Crippen LogP contribution in [-0.2, 0) is 14.4 Å². The minimum absolute atomic E-state index is 0.0191. The number of piperidine rings is 1. The molecule has 1 N–H and O–H groups in total. The van der Waals surface area contributed by atoms with Crippen LogP contribution in [0.2, 0.25) is 0 Å². The highest BCUT2D eigenvalue weighted by molar-refractivity contribution is 14.1. The third-order valence-electron chi connectivity index (χ3n) is 5.04. The zero-order valence-electron chi connectivity index (χ0n) is 13.6. The first-order chi connectivity index (χ1) is 10.9. The van der Waals surface area contributed by atoms with Gasteiger partial charge in [-0.2, -0.15) is 5.06 Å². The third kappa shape index (κ3) is 2.81. The standard InChI is InChI=1S/C17H21IN2O3/c1-10-8-12(18)9-11(2)13(10)14-15(21)17(19-16(14)22)4-6-20(23-3)7-5-17/h8-9,14H,4-7H2,1-3H3,(H,19,22). The Morgan fingerprint density at radius 2 is 1.78 bits per heavy atom. The molecule has 1 amide bonds. The Labute approximate surface area is 149 Å². The molecule has 1 atom stereocenters. The maximum absolute atomic E-state index is 13.1. The van der Waals surface area contributed by atoms with Crippen LogP contribution >= 0.6 is 22.6 Å². The molecule has 2 fully saturated rings. The Balaban J connectivity index is 1.94. The van der Waals surface area contributed by atoms with E-state index in [-0.39, 0.29) is 11.7 Å². The van der Waals surface area contributed by atoms with E-state index in [0.717, 1.165) is 20.3 Å². The lowest BCUT2D eigenvalue weighted by molar-refractivity contribution is -0.157. The number of rotatable bonds is 2. The lowest BCUT2D eigenvalue weighted by atomic mass is 9.79. The van der Waals surface area contributed by atoms with Crippen LogP contribution in [0.3, 0.4) is 0 Å².